The summed E-state index contributed by atoms with van der Waals surface area (Å²) in [7, 11) is 0. The van der Waals surface area contributed by atoms with E-state index < -0.39 is 11.7 Å². The van der Waals surface area contributed by atoms with E-state index in [0.29, 0.717) is 30.3 Å². The number of hydrogen-bond acceptors (Lipinski definition) is 3. The molecule has 0 aliphatic heterocycles. The minimum absolute atomic E-state index is 0.143. The van der Waals surface area contributed by atoms with Crippen LogP contribution in [0, 0.1) is 5.82 Å². The van der Waals surface area contributed by atoms with Gasteiger partial charge in [0.25, 0.3) is 5.91 Å². The molecule has 0 atom stereocenters. The third-order valence-electron chi connectivity index (χ3n) is 3.25. The van der Waals surface area contributed by atoms with Crippen molar-refractivity contribution in [3.63, 3.8) is 0 Å². The largest absolute Gasteiger partial charge is 0.490 e. The first-order chi connectivity index (χ1) is 11.7. The topological polar surface area (TPSA) is 47.6 Å². The van der Waals surface area contributed by atoms with Crippen LogP contribution in [0.5, 0.6) is 11.5 Å². The van der Waals surface area contributed by atoms with Crippen LogP contribution in [-0.4, -0.2) is 19.1 Å². The molecule has 2 aromatic carbocycles. The van der Waals surface area contributed by atoms with E-state index in [1.165, 1.54) is 12.1 Å². The van der Waals surface area contributed by atoms with Gasteiger partial charge in [-0.2, -0.15) is 0 Å². The van der Waals surface area contributed by atoms with Crippen LogP contribution < -0.4 is 14.8 Å². The third kappa shape index (κ3) is 4.72. The van der Waals surface area contributed by atoms with Crippen LogP contribution in [0.2, 0.25) is 0 Å². The fourth-order valence-corrected chi connectivity index (χ4v) is 2.06. The van der Waals surface area contributed by atoms with Crippen LogP contribution in [0.4, 0.5) is 10.1 Å². The van der Waals surface area contributed by atoms with Crippen LogP contribution >= 0.6 is 0 Å². The summed E-state index contributed by atoms with van der Waals surface area (Å²) in [6.45, 7) is 5.12. The number of nitrogens with one attached hydrogen (secondary N) is 1. The molecule has 0 saturated carbocycles. The first-order valence-electron chi connectivity index (χ1n) is 8.11. The van der Waals surface area contributed by atoms with E-state index in [2.05, 4.69) is 5.32 Å². The van der Waals surface area contributed by atoms with Crippen molar-refractivity contribution in [1.29, 1.82) is 0 Å². The number of benzene rings is 2. The SMILES string of the molecule is CCCOc1ccc(C(=O)Nc2ccccc2F)cc1OCCC. The maximum atomic E-state index is 13.7. The van der Waals surface area contributed by atoms with Crippen molar-refractivity contribution in [3.05, 3.63) is 53.8 Å². The van der Waals surface area contributed by atoms with Crippen molar-refractivity contribution < 1.29 is 18.7 Å². The maximum absolute atomic E-state index is 13.7. The molecular weight excluding hydrogens is 309 g/mol. The predicted molar refractivity (Wildman–Crippen MR) is 92.4 cm³/mol. The molecule has 1 N–H and O–H groups in total. The molecule has 0 spiro atoms. The number of halogens is 1. The fraction of sp³-hybridized carbons (Fsp3) is 0.316. The Balaban J connectivity index is 2.19. The molecule has 0 bridgehead atoms. The monoisotopic (exact) mass is 331 g/mol. The summed E-state index contributed by atoms with van der Waals surface area (Å²) in [5.74, 6) is 0.249. The Hall–Kier alpha value is -2.56. The van der Waals surface area contributed by atoms with Gasteiger partial charge < -0.3 is 14.8 Å². The van der Waals surface area contributed by atoms with Gasteiger partial charge in [-0.15, -0.1) is 0 Å². The molecule has 0 aliphatic carbocycles. The molecule has 2 aromatic rings. The molecule has 0 radical (unpaired) electrons. The summed E-state index contributed by atoms with van der Waals surface area (Å²) >= 11 is 0. The zero-order valence-corrected chi connectivity index (χ0v) is 14.0. The van der Waals surface area contributed by atoms with Crippen molar-refractivity contribution in [1.82, 2.24) is 0 Å². The van der Waals surface area contributed by atoms with Gasteiger partial charge in [-0.3, -0.25) is 4.79 Å². The Bertz CT molecular complexity index is 688. The second-order valence-corrected chi connectivity index (χ2v) is 5.29. The van der Waals surface area contributed by atoms with Gasteiger partial charge in [0.05, 0.1) is 18.9 Å². The van der Waals surface area contributed by atoms with E-state index in [4.69, 9.17) is 9.47 Å². The van der Waals surface area contributed by atoms with Crippen LogP contribution in [0.25, 0.3) is 0 Å². The van der Waals surface area contributed by atoms with Gasteiger partial charge in [-0.1, -0.05) is 26.0 Å². The standard InChI is InChI=1S/C19H22FNO3/c1-3-11-23-17-10-9-14(13-18(17)24-12-4-2)19(22)21-16-8-6-5-7-15(16)20/h5-10,13H,3-4,11-12H2,1-2H3,(H,21,22). The molecule has 0 aromatic heterocycles. The smallest absolute Gasteiger partial charge is 0.255 e. The first kappa shape index (κ1) is 17.8. The Morgan fingerprint density at radius 2 is 1.67 bits per heavy atom. The first-order valence-corrected chi connectivity index (χ1v) is 8.11. The van der Waals surface area contributed by atoms with Gasteiger partial charge in [0, 0.05) is 5.56 Å². The number of para-hydroxylation sites is 1. The van der Waals surface area contributed by atoms with Crippen molar-refractivity contribution in [3.8, 4) is 11.5 Å². The average molecular weight is 331 g/mol. The van der Waals surface area contributed by atoms with Crippen molar-refractivity contribution in [2.24, 2.45) is 0 Å². The second-order valence-electron chi connectivity index (χ2n) is 5.29. The molecule has 24 heavy (non-hydrogen) atoms. The number of carbonyl (C=O) groups excluding carboxylic acids is 1. The van der Waals surface area contributed by atoms with Crippen LogP contribution in [-0.2, 0) is 0 Å². The van der Waals surface area contributed by atoms with Gasteiger partial charge >= 0.3 is 0 Å². The van der Waals surface area contributed by atoms with E-state index in [1.807, 2.05) is 13.8 Å². The van der Waals surface area contributed by atoms with E-state index >= 15 is 0 Å². The van der Waals surface area contributed by atoms with Crippen molar-refractivity contribution in [2.75, 3.05) is 18.5 Å². The zero-order valence-electron chi connectivity index (χ0n) is 14.0. The van der Waals surface area contributed by atoms with Gasteiger partial charge in [-0.25, -0.2) is 4.39 Å². The van der Waals surface area contributed by atoms with Gasteiger partial charge in [-0.05, 0) is 43.2 Å². The molecule has 4 nitrogen and oxygen atoms in total. The van der Waals surface area contributed by atoms with Gasteiger partial charge in [0.1, 0.15) is 5.82 Å². The van der Waals surface area contributed by atoms with E-state index in [1.54, 1.807) is 30.3 Å². The Labute approximate surface area is 141 Å². The minimum atomic E-state index is -0.476. The van der Waals surface area contributed by atoms with E-state index in [-0.39, 0.29) is 5.69 Å². The molecule has 128 valence electrons. The Kier molecular flexibility index (Phi) is 6.61. The second kappa shape index (κ2) is 8.91. The predicted octanol–water partition coefficient (Wildman–Crippen LogP) is 4.66. The highest BCUT2D eigenvalue weighted by Gasteiger charge is 2.13. The molecule has 0 saturated heterocycles. The van der Waals surface area contributed by atoms with E-state index in [9.17, 15) is 9.18 Å². The summed E-state index contributed by atoms with van der Waals surface area (Å²) in [5.41, 5.74) is 0.526. The number of amides is 1. The van der Waals surface area contributed by atoms with Crippen molar-refractivity contribution >= 4 is 11.6 Å². The highest BCUT2D eigenvalue weighted by Crippen LogP contribution is 2.29. The lowest BCUT2D eigenvalue weighted by Gasteiger charge is -2.13. The van der Waals surface area contributed by atoms with Gasteiger partial charge in [0.15, 0.2) is 11.5 Å². The lowest BCUT2D eigenvalue weighted by atomic mass is 10.1. The van der Waals surface area contributed by atoms with Crippen LogP contribution in [0.3, 0.4) is 0 Å². The minimum Gasteiger partial charge on any atom is -0.490 e. The van der Waals surface area contributed by atoms with E-state index in [0.717, 1.165) is 12.8 Å². The number of rotatable bonds is 8. The molecule has 0 heterocycles. The molecule has 0 aliphatic rings. The molecule has 2 rings (SSSR count). The Morgan fingerprint density at radius 3 is 2.33 bits per heavy atom. The number of carbonyl (C=O) groups is 1. The quantitative estimate of drug-likeness (QED) is 0.765. The summed E-state index contributed by atoms with van der Waals surface area (Å²) in [6, 6.07) is 11.0. The lowest BCUT2D eigenvalue weighted by molar-refractivity contribution is 0.102. The summed E-state index contributed by atoms with van der Waals surface area (Å²) in [6.07, 6.45) is 1.72. The molecule has 1 amide bonds. The van der Waals surface area contributed by atoms with Crippen LogP contribution in [0.1, 0.15) is 37.0 Å². The van der Waals surface area contributed by atoms with Crippen LogP contribution in [0.15, 0.2) is 42.5 Å². The maximum Gasteiger partial charge on any atom is 0.255 e. The Morgan fingerprint density at radius 1 is 1.00 bits per heavy atom. The molecular formula is C19H22FNO3. The number of ether oxygens (including phenoxy) is 2. The average Bonchev–Trinajstić information content (AvgIpc) is 2.60. The fourth-order valence-electron chi connectivity index (χ4n) is 2.06. The summed E-state index contributed by atoms with van der Waals surface area (Å²) in [5, 5.41) is 2.56. The summed E-state index contributed by atoms with van der Waals surface area (Å²) in [4.78, 5) is 12.3. The highest BCUT2D eigenvalue weighted by atomic mass is 19.1. The van der Waals surface area contributed by atoms with Gasteiger partial charge in [0.2, 0.25) is 0 Å². The highest BCUT2D eigenvalue weighted by molar-refractivity contribution is 6.04. The molecule has 0 fully saturated rings. The number of hydrogen-bond donors (Lipinski definition) is 1. The zero-order chi connectivity index (χ0) is 17.4. The molecule has 0 unspecified atom stereocenters. The summed E-state index contributed by atoms with van der Waals surface area (Å²) < 4.78 is 25.0. The molecule has 5 heteroatoms. The number of anilines is 1. The lowest BCUT2D eigenvalue weighted by Crippen LogP contribution is -2.13. The normalized spacial score (nSPS) is 10.3. The van der Waals surface area contributed by atoms with Crippen molar-refractivity contribution in [2.45, 2.75) is 26.7 Å². The third-order valence-corrected chi connectivity index (χ3v) is 3.25.